The summed E-state index contributed by atoms with van der Waals surface area (Å²) < 4.78 is 30.1. The second-order valence-electron chi connectivity index (χ2n) is 6.75. The second-order valence-corrected chi connectivity index (χ2v) is 9.06. The number of ether oxygens (including phenoxy) is 1. The summed E-state index contributed by atoms with van der Waals surface area (Å²) in [7, 11) is 0.600. The molecule has 2 rings (SSSR count). The van der Waals surface area contributed by atoms with E-state index in [0.717, 1.165) is 10.6 Å². The maximum atomic E-state index is 12.6. The van der Waals surface area contributed by atoms with Crippen LogP contribution in [-0.4, -0.2) is 65.1 Å². The number of carbonyl (C=O) groups excluding carboxylic acids is 3. The third kappa shape index (κ3) is 6.19. The number of benzene rings is 2. The number of anilines is 2. The lowest BCUT2D eigenvalue weighted by atomic mass is 10.2. The minimum absolute atomic E-state index is 0.134. The van der Waals surface area contributed by atoms with E-state index in [1.54, 1.807) is 14.1 Å². The fourth-order valence-corrected chi connectivity index (χ4v) is 3.64. The quantitative estimate of drug-likeness (QED) is 0.625. The summed E-state index contributed by atoms with van der Waals surface area (Å²) in [5, 5.41) is 2.67. The molecule has 0 unspecified atom stereocenters. The minimum Gasteiger partial charge on any atom is -0.465 e. The number of carbonyl (C=O) groups is 3. The van der Waals surface area contributed by atoms with Crippen molar-refractivity contribution in [3.05, 3.63) is 58.6 Å². The van der Waals surface area contributed by atoms with Gasteiger partial charge in [0.25, 0.3) is 5.91 Å². The van der Waals surface area contributed by atoms with E-state index >= 15 is 0 Å². The van der Waals surface area contributed by atoms with Gasteiger partial charge in [-0.05, 0) is 42.5 Å². The van der Waals surface area contributed by atoms with Crippen molar-refractivity contribution in [1.29, 1.82) is 0 Å². The Balaban J connectivity index is 2.25. The lowest BCUT2D eigenvalue weighted by Crippen LogP contribution is -2.37. The Kier molecular flexibility index (Phi) is 7.64. The molecule has 0 saturated carbocycles. The molecular formula is C20H22ClN3O6S. The van der Waals surface area contributed by atoms with Gasteiger partial charge in [0.15, 0.2) is 0 Å². The number of methoxy groups -OCH3 is 1. The summed E-state index contributed by atoms with van der Waals surface area (Å²) in [6.07, 6.45) is 0.962. The van der Waals surface area contributed by atoms with Crippen molar-refractivity contribution in [2.24, 2.45) is 0 Å². The maximum absolute atomic E-state index is 12.6. The highest BCUT2D eigenvalue weighted by molar-refractivity contribution is 7.92. The van der Waals surface area contributed by atoms with Gasteiger partial charge in [-0.2, -0.15) is 0 Å². The predicted molar refractivity (Wildman–Crippen MR) is 118 cm³/mol. The van der Waals surface area contributed by atoms with Gasteiger partial charge in [0.2, 0.25) is 15.9 Å². The summed E-state index contributed by atoms with van der Waals surface area (Å²) in [5.74, 6) is -1.53. The molecule has 2 amide bonds. The van der Waals surface area contributed by atoms with E-state index in [0.29, 0.717) is 5.56 Å². The Labute approximate surface area is 185 Å². The summed E-state index contributed by atoms with van der Waals surface area (Å²) in [5.41, 5.74) is 0.888. The van der Waals surface area contributed by atoms with Crippen LogP contribution in [0.15, 0.2) is 42.5 Å². The number of halogens is 1. The molecule has 31 heavy (non-hydrogen) atoms. The van der Waals surface area contributed by atoms with Gasteiger partial charge in [-0.1, -0.05) is 11.6 Å². The zero-order valence-electron chi connectivity index (χ0n) is 17.4. The first kappa shape index (κ1) is 24.2. The highest BCUT2D eigenvalue weighted by Gasteiger charge is 2.22. The topological polar surface area (TPSA) is 113 Å². The fraction of sp³-hybridized carbons (Fsp3) is 0.250. The Morgan fingerprint density at radius 2 is 1.61 bits per heavy atom. The highest BCUT2D eigenvalue weighted by atomic mass is 35.5. The van der Waals surface area contributed by atoms with E-state index in [1.807, 2.05) is 0 Å². The van der Waals surface area contributed by atoms with E-state index in [4.69, 9.17) is 11.6 Å². The average molecular weight is 468 g/mol. The van der Waals surface area contributed by atoms with Crippen molar-refractivity contribution < 1.29 is 27.5 Å². The van der Waals surface area contributed by atoms with Crippen LogP contribution in [0.1, 0.15) is 20.7 Å². The Hall–Kier alpha value is -3.11. The first-order valence-corrected chi connectivity index (χ1v) is 11.1. The van der Waals surface area contributed by atoms with Gasteiger partial charge in [0.1, 0.15) is 6.54 Å². The fourth-order valence-electron chi connectivity index (χ4n) is 2.61. The molecule has 0 fully saturated rings. The van der Waals surface area contributed by atoms with Crippen molar-refractivity contribution in [1.82, 2.24) is 4.90 Å². The van der Waals surface area contributed by atoms with Gasteiger partial charge in [-0.15, -0.1) is 0 Å². The summed E-state index contributed by atoms with van der Waals surface area (Å²) in [6.45, 7) is -0.543. The summed E-state index contributed by atoms with van der Waals surface area (Å²) in [6, 6.07) is 10.0. The van der Waals surface area contributed by atoms with Crippen molar-refractivity contribution in [3.8, 4) is 0 Å². The number of sulfonamides is 1. The molecule has 11 heteroatoms. The Bertz CT molecular complexity index is 1100. The largest absolute Gasteiger partial charge is 0.465 e. The molecule has 0 saturated heterocycles. The van der Waals surface area contributed by atoms with Crippen LogP contribution in [0, 0.1) is 0 Å². The minimum atomic E-state index is -3.82. The Morgan fingerprint density at radius 1 is 1.03 bits per heavy atom. The van der Waals surface area contributed by atoms with Crippen LogP contribution >= 0.6 is 11.6 Å². The van der Waals surface area contributed by atoms with Crippen LogP contribution in [-0.2, 0) is 19.6 Å². The third-order valence-corrected chi connectivity index (χ3v) is 5.63. The summed E-state index contributed by atoms with van der Waals surface area (Å²) in [4.78, 5) is 37.6. The van der Waals surface area contributed by atoms with Crippen LogP contribution < -0.4 is 9.62 Å². The number of hydrogen-bond acceptors (Lipinski definition) is 6. The molecule has 2 aromatic rings. The van der Waals surface area contributed by atoms with Gasteiger partial charge in [-0.25, -0.2) is 13.2 Å². The number of rotatable bonds is 7. The van der Waals surface area contributed by atoms with Crippen molar-refractivity contribution in [2.75, 3.05) is 43.6 Å². The molecule has 0 aliphatic rings. The van der Waals surface area contributed by atoms with Crippen LogP contribution in [0.3, 0.4) is 0 Å². The SMILES string of the molecule is COC(=O)c1ccc(Cl)c(NC(=O)CN(c2ccc(C(=O)N(C)C)cc2)S(C)(=O)=O)c1. The van der Waals surface area contributed by atoms with Gasteiger partial charge < -0.3 is 15.0 Å². The lowest BCUT2D eigenvalue weighted by Gasteiger charge is -2.22. The normalized spacial score (nSPS) is 10.9. The average Bonchev–Trinajstić information content (AvgIpc) is 2.71. The molecule has 166 valence electrons. The lowest BCUT2D eigenvalue weighted by molar-refractivity contribution is -0.114. The maximum Gasteiger partial charge on any atom is 0.337 e. The van der Waals surface area contributed by atoms with E-state index < -0.39 is 28.4 Å². The number of hydrogen-bond donors (Lipinski definition) is 1. The number of esters is 1. The monoisotopic (exact) mass is 467 g/mol. The molecule has 9 nitrogen and oxygen atoms in total. The standard InChI is InChI=1S/C20H22ClN3O6S/c1-23(2)19(26)13-5-8-15(9-6-13)24(31(4,28)29)12-18(25)22-17-11-14(20(27)30-3)7-10-16(17)21/h5-11H,12H2,1-4H3,(H,22,25). The molecule has 0 bridgehead atoms. The molecule has 0 aliphatic heterocycles. The number of nitrogens with zero attached hydrogens (tertiary/aromatic N) is 2. The molecule has 1 N–H and O–H groups in total. The van der Waals surface area contributed by atoms with Gasteiger partial charge in [-0.3, -0.25) is 13.9 Å². The molecule has 0 heterocycles. The van der Waals surface area contributed by atoms with Crippen molar-refractivity contribution >= 4 is 50.8 Å². The molecular weight excluding hydrogens is 446 g/mol. The van der Waals surface area contributed by atoms with Gasteiger partial charge >= 0.3 is 5.97 Å². The third-order valence-electron chi connectivity index (χ3n) is 4.16. The van der Waals surface area contributed by atoms with Crippen LogP contribution in [0.5, 0.6) is 0 Å². The molecule has 0 aliphatic carbocycles. The molecule has 0 atom stereocenters. The number of amides is 2. The van der Waals surface area contributed by atoms with E-state index in [-0.39, 0.29) is 27.9 Å². The van der Waals surface area contributed by atoms with Gasteiger partial charge in [0.05, 0.1) is 35.3 Å². The number of nitrogens with one attached hydrogen (secondary N) is 1. The second kappa shape index (κ2) is 9.80. The predicted octanol–water partition coefficient (Wildman–Crippen LogP) is 2.23. The highest BCUT2D eigenvalue weighted by Crippen LogP contribution is 2.24. The zero-order valence-corrected chi connectivity index (χ0v) is 19.0. The van der Waals surface area contributed by atoms with Gasteiger partial charge in [0, 0.05) is 19.7 Å². The van der Waals surface area contributed by atoms with Crippen molar-refractivity contribution in [3.63, 3.8) is 0 Å². The zero-order chi connectivity index (χ0) is 23.3. The van der Waals surface area contributed by atoms with Crippen LogP contribution in [0.4, 0.5) is 11.4 Å². The Morgan fingerprint density at radius 3 is 2.13 bits per heavy atom. The molecule has 0 spiro atoms. The smallest absolute Gasteiger partial charge is 0.337 e. The van der Waals surface area contributed by atoms with Crippen molar-refractivity contribution in [2.45, 2.75) is 0 Å². The summed E-state index contributed by atoms with van der Waals surface area (Å²) >= 11 is 6.07. The molecule has 0 aromatic heterocycles. The molecule has 2 aromatic carbocycles. The molecule has 0 radical (unpaired) electrons. The first-order valence-electron chi connectivity index (χ1n) is 8.91. The first-order chi connectivity index (χ1) is 14.4. The van der Waals surface area contributed by atoms with Crippen LogP contribution in [0.2, 0.25) is 5.02 Å². The van der Waals surface area contributed by atoms with Crippen LogP contribution in [0.25, 0.3) is 0 Å². The van der Waals surface area contributed by atoms with E-state index in [1.165, 1.54) is 54.5 Å². The van der Waals surface area contributed by atoms with E-state index in [2.05, 4.69) is 10.1 Å². The van der Waals surface area contributed by atoms with E-state index in [9.17, 15) is 22.8 Å².